The van der Waals surface area contributed by atoms with Crippen LogP contribution in [0.25, 0.3) is 0 Å². The van der Waals surface area contributed by atoms with Gasteiger partial charge in [-0.1, -0.05) is 6.42 Å². The first-order valence-electron chi connectivity index (χ1n) is 5.44. The standard InChI is InChI=1S/C10H19FN2/c11-10(5-3-6-12-8-10)9-4-1-2-7-13-9/h9,12-13H,1-8H2. The second-order valence-electron chi connectivity index (χ2n) is 4.32. The van der Waals surface area contributed by atoms with Crippen LogP contribution in [0.5, 0.6) is 0 Å². The van der Waals surface area contributed by atoms with Gasteiger partial charge in [0.25, 0.3) is 0 Å². The van der Waals surface area contributed by atoms with Crippen molar-refractivity contribution in [2.75, 3.05) is 19.6 Å². The molecule has 3 heteroatoms. The van der Waals surface area contributed by atoms with E-state index in [1.165, 1.54) is 12.8 Å². The average Bonchev–Trinajstić information content (AvgIpc) is 2.20. The summed E-state index contributed by atoms with van der Waals surface area (Å²) in [5.41, 5.74) is -0.974. The first-order chi connectivity index (χ1) is 6.31. The van der Waals surface area contributed by atoms with E-state index < -0.39 is 5.67 Å². The first kappa shape index (κ1) is 9.41. The smallest absolute Gasteiger partial charge is 0.138 e. The fraction of sp³-hybridized carbons (Fsp3) is 1.00. The molecule has 0 aromatic carbocycles. The van der Waals surface area contributed by atoms with Crippen LogP contribution in [0.3, 0.4) is 0 Å². The van der Waals surface area contributed by atoms with E-state index in [4.69, 9.17) is 0 Å². The maximum atomic E-state index is 14.3. The Hall–Kier alpha value is -0.150. The van der Waals surface area contributed by atoms with E-state index in [0.717, 1.165) is 32.4 Å². The Kier molecular flexibility index (Phi) is 2.84. The summed E-state index contributed by atoms with van der Waals surface area (Å²) >= 11 is 0. The third-order valence-corrected chi connectivity index (χ3v) is 3.30. The third-order valence-electron chi connectivity index (χ3n) is 3.30. The normalized spacial score (nSPS) is 41.8. The van der Waals surface area contributed by atoms with Crippen molar-refractivity contribution in [2.45, 2.75) is 43.8 Å². The molecule has 2 N–H and O–H groups in total. The zero-order valence-corrected chi connectivity index (χ0v) is 8.11. The van der Waals surface area contributed by atoms with Gasteiger partial charge in [0.15, 0.2) is 0 Å². The highest BCUT2D eigenvalue weighted by Crippen LogP contribution is 2.29. The number of nitrogens with one attached hydrogen (secondary N) is 2. The van der Waals surface area contributed by atoms with Gasteiger partial charge in [-0.15, -0.1) is 0 Å². The maximum absolute atomic E-state index is 14.3. The molecule has 0 amide bonds. The van der Waals surface area contributed by atoms with Crippen LogP contribution in [0.4, 0.5) is 4.39 Å². The SMILES string of the molecule is FC1(C2CCCCN2)CCCNC1. The zero-order chi connectivity index (χ0) is 9.15. The second kappa shape index (κ2) is 3.93. The van der Waals surface area contributed by atoms with Crippen molar-refractivity contribution >= 4 is 0 Å². The Morgan fingerprint density at radius 1 is 1.15 bits per heavy atom. The van der Waals surface area contributed by atoms with Gasteiger partial charge >= 0.3 is 0 Å². The topological polar surface area (TPSA) is 24.1 Å². The average molecular weight is 186 g/mol. The van der Waals surface area contributed by atoms with Crippen molar-refractivity contribution in [1.29, 1.82) is 0 Å². The molecule has 2 unspecified atom stereocenters. The Labute approximate surface area is 79.3 Å². The van der Waals surface area contributed by atoms with Crippen LogP contribution in [-0.4, -0.2) is 31.3 Å². The van der Waals surface area contributed by atoms with E-state index in [1.807, 2.05) is 0 Å². The molecule has 0 radical (unpaired) electrons. The van der Waals surface area contributed by atoms with Crippen molar-refractivity contribution in [3.8, 4) is 0 Å². The fourth-order valence-electron chi connectivity index (χ4n) is 2.48. The highest BCUT2D eigenvalue weighted by atomic mass is 19.1. The number of hydrogen-bond acceptors (Lipinski definition) is 2. The summed E-state index contributed by atoms with van der Waals surface area (Å²) in [5.74, 6) is 0. The van der Waals surface area contributed by atoms with Crippen LogP contribution in [0.2, 0.25) is 0 Å². The van der Waals surface area contributed by atoms with Gasteiger partial charge in [0.05, 0.1) is 0 Å². The van der Waals surface area contributed by atoms with Crippen molar-refractivity contribution in [3.05, 3.63) is 0 Å². The van der Waals surface area contributed by atoms with Crippen molar-refractivity contribution in [3.63, 3.8) is 0 Å². The third kappa shape index (κ3) is 2.02. The summed E-state index contributed by atoms with van der Waals surface area (Å²) in [5, 5.41) is 6.47. The maximum Gasteiger partial charge on any atom is 0.138 e. The summed E-state index contributed by atoms with van der Waals surface area (Å²) in [4.78, 5) is 0. The van der Waals surface area contributed by atoms with Gasteiger partial charge in [-0.25, -0.2) is 4.39 Å². The van der Waals surface area contributed by atoms with Gasteiger partial charge in [0.2, 0.25) is 0 Å². The van der Waals surface area contributed by atoms with Crippen molar-refractivity contribution < 1.29 is 4.39 Å². The Morgan fingerprint density at radius 2 is 2.08 bits per heavy atom. The Morgan fingerprint density at radius 3 is 2.69 bits per heavy atom. The van der Waals surface area contributed by atoms with Crippen molar-refractivity contribution in [2.24, 2.45) is 0 Å². The summed E-state index contributed by atoms with van der Waals surface area (Å²) < 4.78 is 14.3. The van der Waals surface area contributed by atoms with Crippen LogP contribution in [0.15, 0.2) is 0 Å². The molecule has 2 rings (SSSR count). The van der Waals surface area contributed by atoms with Crippen LogP contribution >= 0.6 is 0 Å². The minimum atomic E-state index is -0.974. The van der Waals surface area contributed by atoms with Crippen LogP contribution in [0.1, 0.15) is 32.1 Å². The summed E-state index contributed by atoms with van der Waals surface area (Å²) in [6.45, 7) is 2.53. The molecule has 2 nitrogen and oxygen atoms in total. The molecule has 2 aliphatic heterocycles. The van der Waals surface area contributed by atoms with E-state index in [0.29, 0.717) is 6.54 Å². The lowest BCUT2D eigenvalue weighted by Crippen LogP contribution is -2.57. The minimum Gasteiger partial charge on any atom is -0.313 e. The monoisotopic (exact) mass is 186 g/mol. The van der Waals surface area contributed by atoms with Gasteiger partial charge in [-0.2, -0.15) is 0 Å². The molecule has 0 aromatic heterocycles. The molecule has 2 fully saturated rings. The highest BCUT2D eigenvalue weighted by molar-refractivity contribution is 4.97. The molecular formula is C10H19FN2. The van der Waals surface area contributed by atoms with Gasteiger partial charge in [0.1, 0.15) is 5.67 Å². The second-order valence-corrected chi connectivity index (χ2v) is 4.32. The summed E-state index contributed by atoms with van der Waals surface area (Å²) in [7, 11) is 0. The number of hydrogen-bond donors (Lipinski definition) is 2. The van der Waals surface area contributed by atoms with Crippen LogP contribution < -0.4 is 10.6 Å². The molecule has 0 saturated carbocycles. The van der Waals surface area contributed by atoms with Crippen LogP contribution in [0, 0.1) is 0 Å². The lowest BCUT2D eigenvalue weighted by Gasteiger charge is -2.39. The summed E-state index contributed by atoms with van der Waals surface area (Å²) in [6.07, 6.45) is 5.12. The number of piperidine rings is 2. The van der Waals surface area contributed by atoms with Gasteiger partial charge in [-0.3, -0.25) is 0 Å². The van der Waals surface area contributed by atoms with Crippen molar-refractivity contribution in [1.82, 2.24) is 10.6 Å². The zero-order valence-electron chi connectivity index (χ0n) is 8.11. The molecule has 2 heterocycles. The summed E-state index contributed by atoms with van der Waals surface area (Å²) in [6, 6.07) is 0.106. The largest absolute Gasteiger partial charge is 0.313 e. The van der Waals surface area contributed by atoms with E-state index in [9.17, 15) is 4.39 Å². The van der Waals surface area contributed by atoms with E-state index in [-0.39, 0.29) is 6.04 Å². The lowest BCUT2D eigenvalue weighted by molar-refractivity contribution is 0.0608. The molecule has 13 heavy (non-hydrogen) atoms. The van der Waals surface area contributed by atoms with Gasteiger partial charge in [-0.05, 0) is 38.8 Å². The molecule has 2 atom stereocenters. The molecular weight excluding hydrogens is 167 g/mol. The van der Waals surface area contributed by atoms with E-state index in [1.54, 1.807) is 0 Å². The molecule has 0 bridgehead atoms. The van der Waals surface area contributed by atoms with E-state index >= 15 is 0 Å². The Bertz CT molecular complexity index is 160. The predicted molar refractivity (Wildman–Crippen MR) is 51.6 cm³/mol. The molecule has 2 aliphatic rings. The molecule has 0 spiro atoms. The quantitative estimate of drug-likeness (QED) is 0.643. The van der Waals surface area contributed by atoms with Gasteiger partial charge < -0.3 is 10.6 Å². The first-order valence-corrected chi connectivity index (χ1v) is 5.44. The Balaban J connectivity index is 1.94. The molecule has 0 aromatic rings. The molecule has 0 aliphatic carbocycles. The molecule has 2 saturated heterocycles. The number of rotatable bonds is 1. The van der Waals surface area contributed by atoms with Crippen LogP contribution in [-0.2, 0) is 0 Å². The minimum absolute atomic E-state index is 0.106. The highest BCUT2D eigenvalue weighted by Gasteiger charge is 2.40. The fourth-order valence-corrected chi connectivity index (χ4v) is 2.48. The number of halogens is 1. The number of alkyl halides is 1. The van der Waals surface area contributed by atoms with E-state index in [2.05, 4.69) is 10.6 Å². The molecule has 76 valence electrons. The van der Waals surface area contributed by atoms with Gasteiger partial charge in [0, 0.05) is 12.6 Å². The lowest BCUT2D eigenvalue weighted by atomic mass is 9.84. The predicted octanol–water partition coefficient (Wildman–Crippen LogP) is 1.22.